The number of aryl methyl sites for hydroxylation is 1. The van der Waals surface area contributed by atoms with Gasteiger partial charge < -0.3 is 14.8 Å². The lowest BCUT2D eigenvalue weighted by atomic mass is 9.96. The molecule has 6 aliphatic heterocycles. The standard InChI is InChI=1S/C39H37N7O4S4/c1-8-22-27(20(6)51-15-48)34-43-33(22)44-35-29-28(26-19(5)30(29)53-38(26)50)23(41-35)13-17(3)40-32(18(4)16(2)9-11-24-37(49)52-24)42-36-31-25-12-10-21(14-47)54(25,31,7)39(45-34)46-36/h9-16,19,21,24-26,30H,4,6,8H2,1-3,5,7H3,(H2,40,41,42,43,44,45,46)/b11-9-. The summed E-state index contributed by atoms with van der Waals surface area (Å²) in [4.78, 5) is 84.0. The third-order valence-electron chi connectivity index (χ3n) is 11.8. The largest absolute Gasteiger partial charge is 0.340 e. The summed E-state index contributed by atoms with van der Waals surface area (Å²) in [5.41, 5.74) is 7.34. The molecule has 1 spiro atoms. The lowest BCUT2D eigenvalue weighted by Gasteiger charge is -2.25. The molecule has 2 aromatic rings. The second-order valence-electron chi connectivity index (χ2n) is 14.8. The van der Waals surface area contributed by atoms with E-state index >= 15 is 0 Å². The second kappa shape index (κ2) is 12.2. The van der Waals surface area contributed by atoms with Gasteiger partial charge in [-0.2, -0.15) is 8.75 Å². The number of thioether (sulfide) groups is 3. The second-order valence-corrected chi connectivity index (χ2v) is 23.0. The molecule has 3 saturated heterocycles. The molecular formula is C39H37N7O4S4. The number of hydrogen-bond donors (Lipinski definition) is 2. The molecule has 7 aliphatic rings. The van der Waals surface area contributed by atoms with E-state index in [1.165, 1.54) is 23.5 Å². The summed E-state index contributed by atoms with van der Waals surface area (Å²) < 4.78 is 0.621. The molecule has 0 saturated carbocycles. The van der Waals surface area contributed by atoms with Crippen LogP contribution in [0.5, 0.6) is 0 Å². The average molecular weight is 796 g/mol. The molecule has 54 heavy (non-hydrogen) atoms. The van der Waals surface area contributed by atoms with Gasteiger partial charge in [-0.15, -0.1) is 0 Å². The number of carbonyl (C=O) groups is 4. The van der Waals surface area contributed by atoms with E-state index in [1.807, 2.05) is 45.1 Å². The van der Waals surface area contributed by atoms with Crippen molar-refractivity contribution in [3.63, 3.8) is 0 Å². The molecule has 8 heterocycles. The number of aldehydes is 1. The Hall–Kier alpha value is -4.18. The van der Waals surface area contributed by atoms with E-state index < -0.39 is 14.0 Å². The van der Waals surface area contributed by atoms with Gasteiger partial charge in [0.15, 0.2) is 28.2 Å². The summed E-state index contributed by atoms with van der Waals surface area (Å²) in [7, 11) is -2.88. The molecule has 276 valence electrons. The first kappa shape index (κ1) is 35.5. The van der Waals surface area contributed by atoms with Gasteiger partial charge >= 0.3 is 0 Å². The molecule has 2 N–H and O–H groups in total. The van der Waals surface area contributed by atoms with Crippen molar-refractivity contribution in [1.29, 1.82) is 0 Å². The Bertz CT molecular complexity index is 2710. The van der Waals surface area contributed by atoms with Crippen LogP contribution in [0, 0.1) is 23.5 Å². The fraction of sp³-hybridized carbons (Fsp3) is 0.333. The van der Waals surface area contributed by atoms with Crippen LogP contribution in [0.25, 0.3) is 32.8 Å². The maximum absolute atomic E-state index is 13.3. The average Bonchev–Trinajstić information content (AvgIpc) is 3.46. The molecule has 7 unspecified atom stereocenters. The lowest BCUT2D eigenvalue weighted by molar-refractivity contribution is -0.112. The third kappa shape index (κ3) is 4.73. The first-order chi connectivity index (χ1) is 25.8. The van der Waals surface area contributed by atoms with Crippen LogP contribution in [0.2, 0.25) is 0 Å². The Labute approximate surface area is 323 Å². The Morgan fingerprint density at radius 1 is 1.04 bits per heavy atom. The zero-order valence-electron chi connectivity index (χ0n) is 30.2. The minimum atomic E-state index is -2.88. The van der Waals surface area contributed by atoms with Crippen molar-refractivity contribution in [1.82, 2.24) is 34.9 Å². The monoisotopic (exact) mass is 795 g/mol. The maximum Gasteiger partial charge on any atom is 0.207 e. The van der Waals surface area contributed by atoms with Crippen molar-refractivity contribution >= 4 is 99.0 Å². The highest BCUT2D eigenvalue weighted by molar-refractivity contribution is 8.58. The van der Waals surface area contributed by atoms with Crippen LogP contribution in [-0.4, -0.2) is 79.0 Å². The van der Waals surface area contributed by atoms with Gasteiger partial charge in [-0.3, -0.25) is 14.4 Å². The van der Waals surface area contributed by atoms with Gasteiger partial charge in [0.1, 0.15) is 22.2 Å². The van der Waals surface area contributed by atoms with Crippen molar-refractivity contribution in [2.75, 3.05) is 6.26 Å². The van der Waals surface area contributed by atoms with Gasteiger partial charge in [0.25, 0.3) is 0 Å². The van der Waals surface area contributed by atoms with Crippen LogP contribution in [0.15, 0.2) is 48.4 Å². The molecular weight excluding hydrogens is 759 g/mol. The summed E-state index contributed by atoms with van der Waals surface area (Å²) >= 11 is 3.62. The molecule has 0 amide bonds. The number of H-pyrrole nitrogens is 2. The molecule has 8 bridgehead atoms. The fourth-order valence-corrected chi connectivity index (χ4v) is 16.8. The predicted octanol–water partition coefficient (Wildman–Crippen LogP) is 6.42. The quantitative estimate of drug-likeness (QED) is 0.124. The SMILES string of the molecule is C=C(SC=O)C1=C(CC)c2nc1nc1[nH]c(nc(C(=C)C(C)/C=C\C3SC3=O)nc(C)cc3[nH]c(n2)c2c3C3C(=O)SC2C3C)=C2C3C=CC(C=O)S=123C. The molecule has 15 heteroatoms. The molecule has 0 aromatic carbocycles. The topological polar surface area (TPSA) is 164 Å². The zero-order valence-corrected chi connectivity index (χ0v) is 33.5. The minimum Gasteiger partial charge on any atom is -0.340 e. The number of fused-ring (bicyclic) bond motifs is 14. The van der Waals surface area contributed by atoms with Crippen LogP contribution in [0.4, 0.5) is 0 Å². The van der Waals surface area contributed by atoms with Gasteiger partial charge in [-0.05, 0) is 42.7 Å². The Morgan fingerprint density at radius 3 is 2.52 bits per heavy atom. The van der Waals surface area contributed by atoms with E-state index in [-0.39, 0.29) is 43.7 Å². The zero-order chi connectivity index (χ0) is 38.0. The summed E-state index contributed by atoms with van der Waals surface area (Å²) in [6.07, 6.45) is 11.6. The summed E-state index contributed by atoms with van der Waals surface area (Å²) in [5, 5.41) is -0.373. The van der Waals surface area contributed by atoms with E-state index in [0.717, 1.165) is 50.8 Å². The van der Waals surface area contributed by atoms with Gasteiger partial charge in [0, 0.05) is 54.1 Å². The molecule has 9 rings (SSSR count). The van der Waals surface area contributed by atoms with E-state index in [1.54, 1.807) is 0 Å². The molecule has 11 nitrogen and oxygen atoms in total. The Balaban J connectivity index is 1.41. The van der Waals surface area contributed by atoms with E-state index in [0.29, 0.717) is 61.5 Å². The van der Waals surface area contributed by atoms with Crippen LogP contribution in [0.3, 0.4) is 0 Å². The fourth-order valence-electron chi connectivity index (χ4n) is 8.78. The van der Waals surface area contributed by atoms with Crippen molar-refractivity contribution in [3.8, 4) is 0 Å². The van der Waals surface area contributed by atoms with Gasteiger partial charge in [0.05, 0.1) is 16.4 Å². The highest BCUT2D eigenvalue weighted by Crippen LogP contribution is 2.92. The number of nitrogens with zero attached hydrogens (tertiary/aromatic N) is 5. The number of rotatable bonds is 9. The number of aromatic amines is 2. The van der Waals surface area contributed by atoms with Gasteiger partial charge in [0.2, 0.25) is 5.12 Å². The minimum absolute atomic E-state index is 0.0391. The van der Waals surface area contributed by atoms with Crippen molar-refractivity contribution in [2.24, 2.45) is 11.8 Å². The van der Waals surface area contributed by atoms with Crippen molar-refractivity contribution < 1.29 is 19.2 Å². The van der Waals surface area contributed by atoms with Crippen LogP contribution < -0.4 is 5.48 Å². The van der Waals surface area contributed by atoms with E-state index in [9.17, 15) is 19.2 Å². The number of allylic oxidation sites excluding steroid dienone is 4. The van der Waals surface area contributed by atoms with Crippen LogP contribution in [-0.2, 0) is 19.2 Å². The normalized spacial score (nSPS) is 28.5. The van der Waals surface area contributed by atoms with E-state index in [4.69, 9.17) is 24.9 Å². The van der Waals surface area contributed by atoms with Crippen molar-refractivity contribution in [2.45, 2.75) is 61.0 Å². The first-order valence-corrected chi connectivity index (χ1v) is 22.9. The van der Waals surface area contributed by atoms with Gasteiger partial charge in [-0.1, -0.05) is 93.5 Å². The summed E-state index contributed by atoms with van der Waals surface area (Å²) in [6.45, 7) is 16.7. The molecule has 0 radical (unpaired) electrons. The molecule has 1 aliphatic carbocycles. The molecule has 2 aromatic heterocycles. The van der Waals surface area contributed by atoms with Crippen molar-refractivity contribution in [3.05, 3.63) is 93.0 Å². The summed E-state index contributed by atoms with van der Waals surface area (Å²) in [5.74, 6) is 0.825. The number of aromatic nitrogens is 7. The first-order valence-electron chi connectivity index (χ1n) is 17.7. The maximum atomic E-state index is 13.3. The lowest BCUT2D eigenvalue weighted by Crippen LogP contribution is -2.14. The smallest absolute Gasteiger partial charge is 0.207 e. The predicted molar refractivity (Wildman–Crippen MR) is 220 cm³/mol. The Morgan fingerprint density at radius 2 is 1.81 bits per heavy atom. The third-order valence-corrected chi connectivity index (χ3v) is 20.6. The number of nitrogens with one attached hydrogen (secondary N) is 2. The molecule has 7 atom stereocenters. The highest BCUT2D eigenvalue weighted by Gasteiger charge is 2.68. The van der Waals surface area contributed by atoms with E-state index in [2.05, 4.69) is 42.4 Å². The van der Waals surface area contributed by atoms with Crippen LogP contribution in [0.1, 0.15) is 72.7 Å². The summed E-state index contributed by atoms with van der Waals surface area (Å²) in [6, 6.07) is 1.94. The Kier molecular flexibility index (Phi) is 8.00. The molecule has 3 fully saturated rings. The number of carbonyl (C=O) groups excluding carboxylic acids is 4. The number of hydrogen-bond acceptors (Lipinski definition) is 12. The highest BCUT2D eigenvalue weighted by atomic mass is 32.3. The van der Waals surface area contributed by atoms with Gasteiger partial charge in [-0.25, -0.2) is 24.9 Å². The van der Waals surface area contributed by atoms with Crippen LogP contribution >= 0.6 is 44.0 Å².